The third-order valence-electron chi connectivity index (χ3n) is 6.78. The third-order valence-corrected chi connectivity index (χ3v) is 6.78. The number of benzene rings is 3. The number of hydrogen-bond donors (Lipinski definition) is 1. The molecule has 0 radical (unpaired) electrons. The number of aromatic nitrogens is 2. The van der Waals surface area contributed by atoms with Crippen molar-refractivity contribution in [3.8, 4) is 11.4 Å². The van der Waals surface area contributed by atoms with Crippen molar-refractivity contribution in [2.75, 3.05) is 0 Å². The van der Waals surface area contributed by atoms with Crippen LogP contribution in [0.2, 0.25) is 0 Å². The van der Waals surface area contributed by atoms with E-state index in [2.05, 4.69) is 10.4 Å². The van der Waals surface area contributed by atoms with E-state index >= 15 is 0 Å². The standard InChI is InChI=1S/C28H27F2N3O2/c1-17-4-5-21(30)15-24(17)26(18(2)32-27(34)28(3)12-13-28)35-23-10-11-25-19(14-23)16-31-33(25)22-8-6-20(29)7-9-22/h4-11,14-16,18,26H,12-13H2,1-3H3,(H,32,34)/t18-,26?/m0/s1. The van der Waals surface area contributed by atoms with E-state index in [4.69, 9.17) is 4.74 Å². The number of ether oxygens (including phenoxy) is 1. The van der Waals surface area contributed by atoms with Crippen LogP contribution in [0, 0.1) is 24.0 Å². The second-order valence-corrected chi connectivity index (χ2v) is 9.62. The van der Waals surface area contributed by atoms with Gasteiger partial charge in [0.2, 0.25) is 5.91 Å². The van der Waals surface area contributed by atoms with E-state index in [1.807, 2.05) is 39.0 Å². The van der Waals surface area contributed by atoms with Gasteiger partial charge in [-0.2, -0.15) is 5.10 Å². The van der Waals surface area contributed by atoms with Gasteiger partial charge in [-0.3, -0.25) is 4.79 Å². The fraction of sp³-hybridized carbons (Fsp3) is 0.286. The Labute approximate surface area is 202 Å². The Morgan fingerprint density at radius 1 is 1.06 bits per heavy atom. The predicted octanol–water partition coefficient (Wildman–Crippen LogP) is 6.04. The molecule has 1 fully saturated rings. The van der Waals surface area contributed by atoms with Gasteiger partial charge in [0.05, 0.1) is 23.4 Å². The minimum Gasteiger partial charge on any atom is -0.484 e. The zero-order chi connectivity index (χ0) is 24.7. The van der Waals surface area contributed by atoms with Crippen molar-refractivity contribution in [2.45, 2.75) is 45.8 Å². The van der Waals surface area contributed by atoms with Crippen LogP contribution >= 0.6 is 0 Å². The Morgan fingerprint density at radius 2 is 1.77 bits per heavy atom. The zero-order valence-corrected chi connectivity index (χ0v) is 19.9. The Balaban J connectivity index is 1.46. The molecule has 0 aliphatic heterocycles. The average molecular weight is 476 g/mol. The number of rotatable bonds is 7. The van der Waals surface area contributed by atoms with E-state index < -0.39 is 12.1 Å². The van der Waals surface area contributed by atoms with Crippen LogP contribution in [0.1, 0.15) is 43.9 Å². The summed E-state index contributed by atoms with van der Waals surface area (Å²) < 4.78 is 35.6. The normalized spacial score (nSPS) is 16.0. The van der Waals surface area contributed by atoms with Crippen LogP contribution in [0.25, 0.3) is 16.6 Å². The van der Waals surface area contributed by atoms with Crippen molar-refractivity contribution in [1.82, 2.24) is 15.1 Å². The first-order valence-electron chi connectivity index (χ1n) is 11.7. The molecule has 5 rings (SSSR count). The molecule has 1 aliphatic rings. The number of nitrogens with one attached hydrogen (secondary N) is 1. The molecule has 3 aromatic carbocycles. The number of hydrogen-bond acceptors (Lipinski definition) is 3. The van der Waals surface area contributed by atoms with E-state index in [-0.39, 0.29) is 23.0 Å². The SMILES string of the molecule is Cc1ccc(F)cc1C(Oc1ccc2c(cnn2-c2ccc(F)cc2)c1)[C@H](C)NC(=O)C1(C)CC1. The van der Waals surface area contributed by atoms with E-state index in [1.165, 1.54) is 24.3 Å². The number of nitrogens with zero attached hydrogens (tertiary/aromatic N) is 2. The van der Waals surface area contributed by atoms with Gasteiger partial charge in [-0.15, -0.1) is 0 Å². The van der Waals surface area contributed by atoms with Crippen LogP contribution in [-0.2, 0) is 4.79 Å². The van der Waals surface area contributed by atoms with Crippen LogP contribution in [0.15, 0.2) is 66.9 Å². The lowest BCUT2D eigenvalue weighted by Crippen LogP contribution is -2.42. The third kappa shape index (κ3) is 4.63. The Bertz CT molecular complexity index is 1390. The van der Waals surface area contributed by atoms with E-state index in [0.717, 1.165) is 35.0 Å². The summed E-state index contributed by atoms with van der Waals surface area (Å²) in [6.07, 6.45) is 2.85. The molecular formula is C28H27F2N3O2. The molecule has 2 atom stereocenters. The quantitative estimate of drug-likeness (QED) is 0.355. The molecule has 35 heavy (non-hydrogen) atoms. The molecule has 1 aromatic heterocycles. The highest BCUT2D eigenvalue weighted by atomic mass is 19.1. The molecule has 1 aliphatic carbocycles. The van der Waals surface area contributed by atoms with Gasteiger partial charge in [0.1, 0.15) is 23.5 Å². The molecule has 5 nitrogen and oxygen atoms in total. The second kappa shape index (κ2) is 8.80. The number of halogens is 2. The molecular weight excluding hydrogens is 448 g/mol. The molecule has 1 unspecified atom stereocenters. The molecule has 0 bridgehead atoms. The van der Waals surface area contributed by atoms with Crippen LogP contribution in [-0.4, -0.2) is 21.7 Å². The lowest BCUT2D eigenvalue weighted by Gasteiger charge is -2.28. The molecule has 180 valence electrons. The van der Waals surface area contributed by atoms with Crippen molar-refractivity contribution in [3.05, 3.63) is 89.6 Å². The van der Waals surface area contributed by atoms with Gasteiger partial charge in [0, 0.05) is 16.4 Å². The summed E-state index contributed by atoms with van der Waals surface area (Å²) in [5.74, 6) is -0.105. The first-order valence-corrected chi connectivity index (χ1v) is 11.7. The largest absolute Gasteiger partial charge is 0.484 e. The zero-order valence-electron chi connectivity index (χ0n) is 19.9. The van der Waals surface area contributed by atoms with Gasteiger partial charge in [-0.05, 0) is 86.8 Å². The summed E-state index contributed by atoms with van der Waals surface area (Å²) in [5, 5.41) is 8.36. The van der Waals surface area contributed by atoms with Gasteiger partial charge in [-0.1, -0.05) is 13.0 Å². The summed E-state index contributed by atoms with van der Waals surface area (Å²) in [7, 11) is 0. The maximum absolute atomic E-state index is 14.2. The first kappa shape index (κ1) is 23.0. The van der Waals surface area contributed by atoms with Gasteiger partial charge in [0.25, 0.3) is 0 Å². The lowest BCUT2D eigenvalue weighted by molar-refractivity contribution is -0.127. The maximum atomic E-state index is 14.2. The molecule has 0 spiro atoms. The van der Waals surface area contributed by atoms with Crippen molar-refractivity contribution in [2.24, 2.45) is 5.41 Å². The van der Waals surface area contributed by atoms with Gasteiger partial charge >= 0.3 is 0 Å². The smallest absolute Gasteiger partial charge is 0.226 e. The molecule has 1 amide bonds. The Kier molecular flexibility index (Phi) is 5.79. The van der Waals surface area contributed by atoms with E-state index in [1.54, 1.807) is 29.1 Å². The Hall–Kier alpha value is -3.74. The number of carbonyl (C=O) groups excluding carboxylic acids is 1. The van der Waals surface area contributed by atoms with Gasteiger partial charge < -0.3 is 10.1 Å². The summed E-state index contributed by atoms with van der Waals surface area (Å²) >= 11 is 0. The van der Waals surface area contributed by atoms with Crippen LogP contribution in [0.4, 0.5) is 8.78 Å². The second-order valence-electron chi connectivity index (χ2n) is 9.62. The van der Waals surface area contributed by atoms with Crippen molar-refractivity contribution >= 4 is 16.8 Å². The summed E-state index contributed by atoms with van der Waals surface area (Å²) in [6.45, 7) is 5.73. The lowest BCUT2D eigenvalue weighted by atomic mass is 9.97. The van der Waals surface area contributed by atoms with Crippen molar-refractivity contribution in [1.29, 1.82) is 0 Å². The monoisotopic (exact) mass is 475 g/mol. The number of fused-ring (bicyclic) bond motifs is 1. The fourth-order valence-electron chi connectivity index (χ4n) is 4.24. The average Bonchev–Trinajstić information content (AvgIpc) is 3.46. The maximum Gasteiger partial charge on any atom is 0.226 e. The number of aryl methyl sites for hydroxylation is 1. The predicted molar refractivity (Wildman–Crippen MR) is 130 cm³/mol. The fourth-order valence-corrected chi connectivity index (χ4v) is 4.24. The molecule has 1 heterocycles. The van der Waals surface area contributed by atoms with Gasteiger partial charge in [0.15, 0.2) is 0 Å². The Morgan fingerprint density at radius 3 is 2.49 bits per heavy atom. The van der Waals surface area contributed by atoms with Crippen LogP contribution < -0.4 is 10.1 Å². The topological polar surface area (TPSA) is 56.1 Å². The van der Waals surface area contributed by atoms with E-state index in [9.17, 15) is 13.6 Å². The highest BCUT2D eigenvalue weighted by molar-refractivity contribution is 5.85. The first-order chi connectivity index (χ1) is 16.7. The molecule has 7 heteroatoms. The highest BCUT2D eigenvalue weighted by Crippen LogP contribution is 2.45. The van der Waals surface area contributed by atoms with E-state index in [0.29, 0.717) is 11.3 Å². The molecule has 0 saturated heterocycles. The molecule has 4 aromatic rings. The molecule has 1 saturated carbocycles. The minimum absolute atomic E-state index is 0.0105. The summed E-state index contributed by atoms with van der Waals surface area (Å²) in [6, 6.07) is 15.9. The van der Waals surface area contributed by atoms with Crippen molar-refractivity contribution in [3.63, 3.8) is 0 Å². The summed E-state index contributed by atoms with van der Waals surface area (Å²) in [4.78, 5) is 12.7. The van der Waals surface area contributed by atoms with Gasteiger partial charge in [-0.25, -0.2) is 13.5 Å². The van der Waals surface area contributed by atoms with Crippen LogP contribution in [0.5, 0.6) is 5.75 Å². The number of carbonyl (C=O) groups is 1. The molecule has 1 N–H and O–H groups in total. The summed E-state index contributed by atoms with van der Waals surface area (Å²) in [5.41, 5.74) is 2.81. The van der Waals surface area contributed by atoms with Crippen LogP contribution in [0.3, 0.4) is 0 Å². The highest BCUT2D eigenvalue weighted by Gasteiger charge is 2.45. The number of amides is 1. The minimum atomic E-state index is -0.596. The van der Waals surface area contributed by atoms with Crippen molar-refractivity contribution < 1.29 is 18.3 Å².